The van der Waals surface area contributed by atoms with E-state index in [0.29, 0.717) is 31.0 Å². The van der Waals surface area contributed by atoms with Crippen LogP contribution in [0.3, 0.4) is 0 Å². The molecule has 3 rings (SSSR count). The molecule has 0 radical (unpaired) electrons. The van der Waals surface area contributed by atoms with E-state index in [4.69, 9.17) is 5.11 Å². The Bertz CT molecular complexity index is 984. The molecule has 9 heteroatoms. The van der Waals surface area contributed by atoms with Gasteiger partial charge in [-0.15, -0.1) is 0 Å². The van der Waals surface area contributed by atoms with Gasteiger partial charge in [0.05, 0.1) is 23.1 Å². The molecule has 0 unspecified atom stereocenters. The van der Waals surface area contributed by atoms with Crippen molar-refractivity contribution in [2.45, 2.75) is 19.3 Å². The SMILES string of the molecule is CN(CCn1cnc(-c2cc(C(=O)O)ccn2)c1)Cc1ccc(C(F)(F)F)cc1. The number of aromatic carboxylic acids is 1. The normalized spacial score (nSPS) is 11.8. The van der Waals surface area contributed by atoms with Crippen LogP contribution in [0.1, 0.15) is 21.5 Å². The van der Waals surface area contributed by atoms with Gasteiger partial charge in [0.2, 0.25) is 0 Å². The minimum atomic E-state index is -4.33. The third-order valence-electron chi connectivity index (χ3n) is 4.38. The first-order valence-corrected chi connectivity index (χ1v) is 8.78. The number of aromatic nitrogens is 3. The van der Waals surface area contributed by atoms with Gasteiger partial charge in [-0.25, -0.2) is 9.78 Å². The van der Waals surface area contributed by atoms with Crippen molar-refractivity contribution >= 4 is 5.97 Å². The molecule has 0 saturated heterocycles. The van der Waals surface area contributed by atoms with E-state index in [2.05, 4.69) is 9.97 Å². The number of rotatable bonds is 7. The number of halogens is 3. The average molecular weight is 404 g/mol. The molecule has 2 heterocycles. The molecule has 0 fully saturated rings. The molecule has 0 aliphatic carbocycles. The van der Waals surface area contributed by atoms with Crippen LogP contribution in [0.25, 0.3) is 11.4 Å². The van der Waals surface area contributed by atoms with Crippen LogP contribution in [0.4, 0.5) is 13.2 Å². The highest BCUT2D eigenvalue weighted by Crippen LogP contribution is 2.29. The Morgan fingerprint density at radius 1 is 1.14 bits per heavy atom. The highest BCUT2D eigenvalue weighted by molar-refractivity contribution is 5.88. The first-order chi connectivity index (χ1) is 13.7. The number of pyridine rings is 1. The number of likely N-dealkylation sites (N-methyl/N-ethyl adjacent to an activating group) is 1. The molecule has 6 nitrogen and oxygen atoms in total. The van der Waals surface area contributed by atoms with Crippen molar-refractivity contribution < 1.29 is 23.1 Å². The lowest BCUT2D eigenvalue weighted by atomic mass is 10.1. The number of benzene rings is 1. The largest absolute Gasteiger partial charge is 0.478 e. The second kappa shape index (κ2) is 8.44. The van der Waals surface area contributed by atoms with Crippen molar-refractivity contribution in [3.05, 3.63) is 71.8 Å². The molecule has 29 heavy (non-hydrogen) atoms. The zero-order valence-electron chi connectivity index (χ0n) is 15.6. The number of imidazole rings is 1. The Morgan fingerprint density at radius 3 is 2.52 bits per heavy atom. The quantitative estimate of drug-likeness (QED) is 0.649. The summed E-state index contributed by atoms with van der Waals surface area (Å²) < 4.78 is 39.7. The molecule has 1 N–H and O–H groups in total. The molecular weight excluding hydrogens is 385 g/mol. The van der Waals surface area contributed by atoms with Crippen LogP contribution in [0.15, 0.2) is 55.1 Å². The van der Waals surface area contributed by atoms with E-state index in [9.17, 15) is 18.0 Å². The molecule has 0 amide bonds. The zero-order valence-corrected chi connectivity index (χ0v) is 15.6. The minimum absolute atomic E-state index is 0.140. The highest BCUT2D eigenvalue weighted by atomic mass is 19.4. The summed E-state index contributed by atoms with van der Waals surface area (Å²) in [6, 6.07) is 8.02. The van der Waals surface area contributed by atoms with Gasteiger partial charge < -0.3 is 14.6 Å². The van der Waals surface area contributed by atoms with Gasteiger partial charge in [-0.1, -0.05) is 12.1 Å². The Labute approximate surface area is 165 Å². The number of carboxylic acid groups (broad SMARTS) is 1. The molecule has 0 bridgehead atoms. The molecule has 152 valence electrons. The number of carbonyl (C=O) groups is 1. The van der Waals surface area contributed by atoms with Gasteiger partial charge in [-0.3, -0.25) is 4.98 Å². The van der Waals surface area contributed by atoms with Crippen molar-refractivity contribution in [1.29, 1.82) is 0 Å². The summed E-state index contributed by atoms with van der Waals surface area (Å²) in [5.41, 5.74) is 1.32. The maximum Gasteiger partial charge on any atom is 0.416 e. The highest BCUT2D eigenvalue weighted by Gasteiger charge is 2.29. The number of alkyl halides is 3. The lowest BCUT2D eigenvalue weighted by Gasteiger charge is -2.17. The summed E-state index contributed by atoms with van der Waals surface area (Å²) in [7, 11) is 1.88. The smallest absolute Gasteiger partial charge is 0.416 e. The molecule has 0 atom stereocenters. The molecule has 0 aliphatic heterocycles. The van der Waals surface area contributed by atoms with Crippen molar-refractivity contribution in [2.75, 3.05) is 13.6 Å². The molecule has 3 aromatic rings. The number of hydrogen-bond donors (Lipinski definition) is 1. The average Bonchev–Trinajstić information content (AvgIpc) is 3.15. The fourth-order valence-electron chi connectivity index (χ4n) is 2.79. The van der Waals surface area contributed by atoms with Crippen molar-refractivity contribution in [2.24, 2.45) is 0 Å². The topological polar surface area (TPSA) is 71.2 Å². The maximum atomic E-state index is 12.6. The molecule has 2 aromatic heterocycles. The first kappa shape index (κ1) is 20.5. The van der Waals surface area contributed by atoms with Gasteiger partial charge in [0.15, 0.2) is 0 Å². The van der Waals surface area contributed by atoms with Crippen LogP contribution < -0.4 is 0 Å². The zero-order chi connectivity index (χ0) is 21.0. The Kier molecular flexibility index (Phi) is 5.97. The minimum Gasteiger partial charge on any atom is -0.478 e. The molecule has 0 saturated carbocycles. The van der Waals surface area contributed by atoms with Gasteiger partial charge in [-0.05, 0) is 36.9 Å². The molecule has 0 aliphatic rings. The van der Waals surface area contributed by atoms with E-state index in [0.717, 1.165) is 17.7 Å². The van der Waals surface area contributed by atoms with Crippen molar-refractivity contribution in [3.63, 3.8) is 0 Å². The fraction of sp³-hybridized carbons (Fsp3) is 0.250. The van der Waals surface area contributed by atoms with Crippen LogP contribution in [0, 0.1) is 0 Å². The van der Waals surface area contributed by atoms with Crippen molar-refractivity contribution in [1.82, 2.24) is 19.4 Å². The molecular formula is C20H19F3N4O2. The van der Waals surface area contributed by atoms with Crippen LogP contribution >= 0.6 is 0 Å². The van der Waals surface area contributed by atoms with E-state index >= 15 is 0 Å². The van der Waals surface area contributed by atoms with E-state index in [1.165, 1.54) is 30.5 Å². The van der Waals surface area contributed by atoms with E-state index in [1.807, 2.05) is 16.5 Å². The lowest BCUT2D eigenvalue weighted by molar-refractivity contribution is -0.137. The fourth-order valence-corrected chi connectivity index (χ4v) is 2.79. The standard InChI is InChI=1S/C20H19F3N4O2/c1-26(11-14-2-4-16(5-3-14)20(21,22)23)8-9-27-12-18(25-13-27)17-10-15(19(28)29)6-7-24-17/h2-7,10,12-13H,8-9,11H2,1H3,(H,28,29). The first-order valence-electron chi connectivity index (χ1n) is 8.78. The summed E-state index contributed by atoms with van der Waals surface area (Å²) in [6.07, 6.45) is 0.508. The maximum absolute atomic E-state index is 12.6. The third kappa shape index (κ3) is 5.41. The van der Waals surface area contributed by atoms with Gasteiger partial charge in [0, 0.05) is 32.0 Å². The second-order valence-electron chi connectivity index (χ2n) is 6.66. The Morgan fingerprint density at radius 2 is 1.86 bits per heavy atom. The monoisotopic (exact) mass is 404 g/mol. The number of hydrogen-bond acceptors (Lipinski definition) is 4. The summed E-state index contributed by atoms with van der Waals surface area (Å²) in [4.78, 5) is 21.5. The third-order valence-corrected chi connectivity index (χ3v) is 4.38. The number of nitrogens with zero attached hydrogens (tertiary/aromatic N) is 4. The number of carboxylic acids is 1. The van der Waals surface area contributed by atoms with Crippen LogP contribution in [0.2, 0.25) is 0 Å². The van der Waals surface area contributed by atoms with Gasteiger partial charge in [0.25, 0.3) is 0 Å². The Balaban J connectivity index is 1.57. The van der Waals surface area contributed by atoms with E-state index in [-0.39, 0.29) is 5.56 Å². The van der Waals surface area contributed by atoms with Crippen molar-refractivity contribution in [3.8, 4) is 11.4 Å². The molecule has 0 spiro atoms. The predicted octanol–water partition coefficient (Wildman–Crippen LogP) is 3.79. The summed E-state index contributed by atoms with van der Waals surface area (Å²) in [6.45, 7) is 1.78. The lowest BCUT2D eigenvalue weighted by Crippen LogP contribution is -2.22. The van der Waals surface area contributed by atoms with Gasteiger partial charge in [-0.2, -0.15) is 13.2 Å². The van der Waals surface area contributed by atoms with Crippen LogP contribution in [-0.4, -0.2) is 44.1 Å². The Hall–Kier alpha value is -3.20. The predicted molar refractivity (Wildman–Crippen MR) is 100 cm³/mol. The van der Waals surface area contributed by atoms with Crippen LogP contribution in [-0.2, 0) is 19.3 Å². The summed E-state index contributed by atoms with van der Waals surface area (Å²) in [5, 5.41) is 9.07. The molecule has 1 aromatic carbocycles. The van der Waals surface area contributed by atoms with Crippen LogP contribution in [0.5, 0.6) is 0 Å². The van der Waals surface area contributed by atoms with Gasteiger partial charge >= 0.3 is 12.1 Å². The van der Waals surface area contributed by atoms with E-state index in [1.54, 1.807) is 12.5 Å². The van der Waals surface area contributed by atoms with E-state index < -0.39 is 17.7 Å². The second-order valence-corrected chi connectivity index (χ2v) is 6.66. The van der Waals surface area contributed by atoms with Gasteiger partial charge in [0.1, 0.15) is 5.69 Å². The summed E-state index contributed by atoms with van der Waals surface area (Å²) in [5.74, 6) is -1.03. The summed E-state index contributed by atoms with van der Waals surface area (Å²) >= 11 is 0.